The van der Waals surface area contributed by atoms with Crippen LogP contribution in [0.1, 0.15) is 56.9 Å². The van der Waals surface area contributed by atoms with E-state index in [9.17, 15) is 19.2 Å². The summed E-state index contributed by atoms with van der Waals surface area (Å²) in [6, 6.07) is 3.44. The van der Waals surface area contributed by atoms with Crippen LogP contribution >= 0.6 is 27.7 Å². The lowest BCUT2D eigenvalue weighted by Crippen LogP contribution is -2.51. The molecule has 0 aromatic heterocycles. The first-order valence-corrected chi connectivity index (χ1v) is 15.0. The van der Waals surface area contributed by atoms with Gasteiger partial charge in [0.1, 0.15) is 6.54 Å². The summed E-state index contributed by atoms with van der Waals surface area (Å²) in [6.07, 6.45) is 9.94. The maximum absolute atomic E-state index is 13.5. The average Bonchev–Trinajstić information content (AvgIpc) is 3.49. The zero-order valence-corrected chi connectivity index (χ0v) is 23.8. The number of carbonyl (C=O) groups is 4. The van der Waals surface area contributed by atoms with Crippen molar-refractivity contribution in [3.05, 3.63) is 27.1 Å². The number of likely N-dealkylation sites (tertiary alicyclic amines) is 1. The van der Waals surface area contributed by atoms with Crippen molar-refractivity contribution < 1.29 is 28.7 Å². The van der Waals surface area contributed by atoms with Gasteiger partial charge in [0.15, 0.2) is 11.5 Å². The average molecular weight is 604 g/mol. The molecule has 1 aromatic carbocycles. The predicted molar refractivity (Wildman–Crippen MR) is 145 cm³/mol. The van der Waals surface area contributed by atoms with Crippen LogP contribution in [0.25, 0.3) is 6.08 Å². The first-order chi connectivity index (χ1) is 18.2. The van der Waals surface area contributed by atoms with Crippen molar-refractivity contribution in [1.82, 2.24) is 9.80 Å². The number of ether oxygens (including phenoxy) is 2. The molecule has 0 spiro atoms. The van der Waals surface area contributed by atoms with E-state index in [4.69, 9.17) is 9.47 Å². The Morgan fingerprint density at radius 1 is 1.08 bits per heavy atom. The molecule has 1 aromatic rings. The molecule has 2 heterocycles. The highest BCUT2D eigenvalue weighted by atomic mass is 79.9. The summed E-state index contributed by atoms with van der Waals surface area (Å²) < 4.78 is 12.1. The van der Waals surface area contributed by atoms with E-state index in [1.165, 1.54) is 26.4 Å². The number of hydrogen-bond acceptors (Lipinski definition) is 7. The fourth-order valence-corrected chi connectivity index (χ4v) is 8.85. The number of benzene rings is 1. The molecule has 7 rings (SSSR count). The van der Waals surface area contributed by atoms with Crippen LogP contribution < -0.4 is 9.47 Å². The third kappa shape index (κ3) is 4.68. The number of nitrogens with zero attached hydrogens (tertiary/aromatic N) is 2. The Hall–Kier alpha value is -2.33. The molecule has 8 nitrogen and oxygen atoms in total. The highest BCUT2D eigenvalue weighted by Gasteiger charge is 2.55. The number of amides is 3. The Morgan fingerprint density at radius 2 is 1.71 bits per heavy atom. The van der Waals surface area contributed by atoms with Gasteiger partial charge in [-0.2, -0.15) is 0 Å². The number of esters is 1. The van der Waals surface area contributed by atoms with Crippen molar-refractivity contribution in [3.8, 4) is 11.5 Å². The molecule has 2 aliphatic heterocycles. The van der Waals surface area contributed by atoms with Crippen LogP contribution in [0.3, 0.4) is 0 Å². The molecule has 4 aliphatic carbocycles. The van der Waals surface area contributed by atoms with E-state index in [1.54, 1.807) is 23.1 Å². The van der Waals surface area contributed by atoms with Crippen molar-refractivity contribution in [2.75, 3.05) is 26.7 Å². The zero-order valence-electron chi connectivity index (χ0n) is 21.4. The number of methoxy groups -OCH3 is 1. The van der Waals surface area contributed by atoms with Crippen LogP contribution in [0.15, 0.2) is 21.5 Å². The molecule has 3 amide bonds. The molecule has 6 aliphatic rings. The SMILES string of the molecule is COc1cc(/C=C2\SC(=O)N(CC(=O)N3CCCC3)C2=O)cc(Br)c1OC(=O)C12CC3CC(CC(C3)C1)C2. The van der Waals surface area contributed by atoms with Crippen LogP contribution in [0.4, 0.5) is 4.79 Å². The Kier molecular flexibility index (Phi) is 6.83. The highest BCUT2D eigenvalue weighted by Crippen LogP contribution is 2.60. The quantitative estimate of drug-likeness (QED) is 0.250. The number of imide groups is 1. The lowest BCUT2D eigenvalue weighted by atomic mass is 9.49. The number of carbonyl (C=O) groups excluding carboxylic acids is 4. The number of rotatable bonds is 6. The first-order valence-electron chi connectivity index (χ1n) is 13.4. The molecule has 10 heteroatoms. The topological polar surface area (TPSA) is 93.2 Å². The largest absolute Gasteiger partial charge is 0.493 e. The van der Waals surface area contributed by atoms with E-state index < -0.39 is 16.6 Å². The minimum absolute atomic E-state index is 0.174. The Labute approximate surface area is 234 Å². The van der Waals surface area contributed by atoms with E-state index in [2.05, 4.69) is 15.9 Å². The normalized spacial score (nSPS) is 31.0. The maximum Gasteiger partial charge on any atom is 0.317 e. The molecule has 0 atom stereocenters. The van der Waals surface area contributed by atoms with Gasteiger partial charge in [0.2, 0.25) is 5.91 Å². The van der Waals surface area contributed by atoms with E-state index in [0.29, 0.717) is 52.4 Å². The number of thioether (sulfide) groups is 1. The van der Waals surface area contributed by atoms with Crippen molar-refractivity contribution in [3.63, 3.8) is 0 Å². The lowest BCUT2D eigenvalue weighted by molar-refractivity contribution is -0.161. The van der Waals surface area contributed by atoms with Gasteiger partial charge in [-0.25, -0.2) is 0 Å². The third-order valence-corrected chi connectivity index (χ3v) is 10.3. The molecule has 6 fully saturated rings. The molecular formula is C28H31BrN2O6S. The molecule has 0 unspecified atom stereocenters. The smallest absolute Gasteiger partial charge is 0.317 e. The molecule has 4 bridgehead atoms. The second-order valence-electron chi connectivity index (χ2n) is 11.5. The molecule has 0 N–H and O–H groups in total. The fraction of sp³-hybridized carbons (Fsp3) is 0.571. The van der Waals surface area contributed by atoms with Crippen LogP contribution in [0.5, 0.6) is 11.5 Å². The summed E-state index contributed by atoms with van der Waals surface area (Å²) in [5, 5.41) is -0.457. The zero-order chi connectivity index (χ0) is 26.6. The third-order valence-electron chi connectivity index (χ3n) is 8.84. The van der Waals surface area contributed by atoms with Crippen LogP contribution in [-0.4, -0.2) is 59.6 Å². The molecule has 4 saturated carbocycles. The molecular weight excluding hydrogens is 572 g/mol. The van der Waals surface area contributed by atoms with Crippen LogP contribution in [-0.2, 0) is 14.4 Å². The summed E-state index contributed by atoms with van der Waals surface area (Å²) in [5.41, 5.74) is 0.211. The van der Waals surface area contributed by atoms with Crippen LogP contribution in [0, 0.1) is 23.2 Å². The second-order valence-corrected chi connectivity index (χ2v) is 13.3. The Bertz CT molecular complexity index is 1200. The van der Waals surface area contributed by atoms with Gasteiger partial charge in [0.05, 0.1) is 21.9 Å². The Balaban J connectivity index is 1.19. The van der Waals surface area contributed by atoms with Gasteiger partial charge in [-0.05, 0) is 121 Å². The van der Waals surface area contributed by atoms with E-state index in [-0.39, 0.29) is 23.3 Å². The van der Waals surface area contributed by atoms with E-state index in [1.807, 2.05) is 0 Å². The van der Waals surface area contributed by atoms with Gasteiger partial charge in [0.25, 0.3) is 11.1 Å². The second kappa shape index (κ2) is 10.0. The summed E-state index contributed by atoms with van der Waals surface area (Å²) in [5.74, 6) is 1.71. The number of hydrogen-bond donors (Lipinski definition) is 0. The molecule has 0 radical (unpaired) electrons. The standard InChI is InChI=1S/C28H31BrN2O6S/c1-36-21-10-16(11-22-25(33)31(27(35)38-22)15-23(32)30-4-2-3-5-30)9-20(29)24(21)37-26(34)28-12-17-6-18(13-28)8-19(7-17)14-28/h9-11,17-19H,2-8,12-15H2,1H3/b22-11-. The van der Waals surface area contributed by atoms with Crippen LogP contribution in [0.2, 0.25) is 0 Å². The molecule has 38 heavy (non-hydrogen) atoms. The fourth-order valence-electron chi connectivity index (χ4n) is 7.47. The summed E-state index contributed by atoms with van der Waals surface area (Å²) in [6.45, 7) is 1.09. The predicted octanol–water partition coefficient (Wildman–Crippen LogP) is 5.24. The lowest BCUT2D eigenvalue weighted by Gasteiger charge is -2.55. The first kappa shape index (κ1) is 25.9. The van der Waals surface area contributed by atoms with Crippen molar-refractivity contribution in [2.45, 2.75) is 51.4 Å². The summed E-state index contributed by atoms with van der Waals surface area (Å²) >= 11 is 4.34. The van der Waals surface area contributed by atoms with Gasteiger partial charge in [-0.1, -0.05) is 0 Å². The summed E-state index contributed by atoms with van der Waals surface area (Å²) in [4.78, 5) is 54.4. The Morgan fingerprint density at radius 3 is 2.32 bits per heavy atom. The van der Waals surface area contributed by atoms with Crippen molar-refractivity contribution >= 4 is 56.8 Å². The van der Waals surface area contributed by atoms with Gasteiger partial charge >= 0.3 is 5.97 Å². The van der Waals surface area contributed by atoms with Gasteiger partial charge in [0, 0.05) is 13.1 Å². The summed E-state index contributed by atoms with van der Waals surface area (Å²) in [7, 11) is 1.51. The molecule has 2 saturated heterocycles. The maximum atomic E-state index is 13.5. The minimum atomic E-state index is -0.486. The van der Waals surface area contributed by atoms with Crippen molar-refractivity contribution in [1.29, 1.82) is 0 Å². The van der Waals surface area contributed by atoms with Gasteiger partial charge in [-0.3, -0.25) is 24.1 Å². The monoisotopic (exact) mass is 602 g/mol. The number of halogens is 1. The van der Waals surface area contributed by atoms with E-state index >= 15 is 0 Å². The van der Waals surface area contributed by atoms with Crippen molar-refractivity contribution in [2.24, 2.45) is 23.2 Å². The van der Waals surface area contributed by atoms with Gasteiger partial charge in [-0.15, -0.1) is 0 Å². The van der Waals surface area contributed by atoms with E-state index in [0.717, 1.165) is 48.8 Å². The van der Waals surface area contributed by atoms with Gasteiger partial charge < -0.3 is 14.4 Å². The minimum Gasteiger partial charge on any atom is -0.493 e. The molecule has 202 valence electrons. The highest BCUT2D eigenvalue weighted by molar-refractivity contribution is 9.10.